The molecule has 0 saturated heterocycles. The number of aromatic nitrogens is 1. The van der Waals surface area contributed by atoms with Crippen molar-refractivity contribution in [1.29, 1.82) is 0 Å². The van der Waals surface area contributed by atoms with E-state index in [1.54, 1.807) is 24.3 Å². The lowest BCUT2D eigenvalue weighted by Gasteiger charge is -2.08. The Morgan fingerprint density at radius 3 is 2.42 bits per heavy atom. The van der Waals surface area contributed by atoms with E-state index in [4.69, 9.17) is 9.47 Å². The van der Waals surface area contributed by atoms with E-state index in [9.17, 15) is 14.4 Å². The summed E-state index contributed by atoms with van der Waals surface area (Å²) in [6.45, 7) is -0.216. The number of hydrogen-bond acceptors (Lipinski definition) is 5. The standard InChI is InChI=1S/C20H17NO5/c1-25-18-11-17(22)15-9-5-6-10-16(15)21(20(18)24)12-19(23)26-13-14-7-3-2-4-8-14/h2-11H,12-13H2,1H3. The Balaban J connectivity index is 1.98. The summed E-state index contributed by atoms with van der Waals surface area (Å²) in [4.78, 5) is 37.2. The monoisotopic (exact) mass is 351 g/mol. The molecular weight excluding hydrogens is 334 g/mol. The molecular formula is C20H17NO5. The van der Waals surface area contributed by atoms with Gasteiger partial charge < -0.3 is 9.47 Å². The number of carbonyl (C=O) groups is 1. The van der Waals surface area contributed by atoms with Gasteiger partial charge in [0.2, 0.25) is 0 Å². The average molecular weight is 351 g/mol. The molecule has 0 aliphatic rings. The number of carbonyl (C=O) groups excluding carboxylic acids is 1. The van der Waals surface area contributed by atoms with Crippen LogP contribution in [0.1, 0.15) is 5.56 Å². The maximum atomic E-state index is 12.7. The lowest BCUT2D eigenvalue weighted by atomic mass is 10.2. The Kier molecular flexibility index (Phi) is 5.12. The van der Waals surface area contributed by atoms with Gasteiger partial charge in [-0.1, -0.05) is 42.5 Å². The molecule has 0 radical (unpaired) electrons. The van der Waals surface area contributed by atoms with Crippen molar-refractivity contribution in [2.75, 3.05) is 7.11 Å². The average Bonchev–Trinajstić information content (AvgIpc) is 2.77. The molecule has 2 aromatic carbocycles. The van der Waals surface area contributed by atoms with Crippen LogP contribution in [0.2, 0.25) is 0 Å². The SMILES string of the molecule is COc1cc(=O)c2ccccc2n(CC(=O)OCc2ccccc2)c1=O. The molecule has 0 spiro atoms. The molecule has 6 nitrogen and oxygen atoms in total. The predicted molar refractivity (Wildman–Crippen MR) is 97.3 cm³/mol. The molecule has 0 bridgehead atoms. The largest absolute Gasteiger partial charge is 0.491 e. The minimum atomic E-state index is -0.582. The number of ether oxygens (including phenoxy) is 2. The van der Waals surface area contributed by atoms with E-state index in [1.165, 1.54) is 11.7 Å². The summed E-state index contributed by atoms with van der Waals surface area (Å²) < 4.78 is 11.5. The van der Waals surface area contributed by atoms with Gasteiger partial charge in [-0.15, -0.1) is 0 Å². The number of methoxy groups -OCH3 is 1. The molecule has 0 aliphatic heterocycles. The molecule has 1 heterocycles. The van der Waals surface area contributed by atoms with E-state index in [0.29, 0.717) is 10.9 Å². The lowest BCUT2D eigenvalue weighted by Crippen LogP contribution is -2.25. The summed E-state index contributed by atoms with van der Waals surface area (Å²) in [6, 6.07) is 17.0. The normalized spacial score (nSPS) is 10.5. The summed E-state index contributed by atoms with van der Waals surface area (Å²) in [7, 11) is 1.30. The Morgan fingerprint density at radius 1 is 1.00 bits per heavy atom. The first-order valence-electron chi connectivity index (χ1n) is 8.00. The van der Waals surface area contributed by atoms with Crippen LogP contribution in [0.3, 0.4) is 0 Å². The molecule has 26 heavy (non-hydrogen) atoms. The summed E-state index contributed by atoms with van der Waals surface area (Å²) in [5.41, 5.74) is 0.270. The van der Waals surface area contributed by atoms with Gasteiger partial charge in [0.05, 0.1) is 12.6 Å². The van der Waals surface area contributed by atoms with Crippen molar-refractivity contribution in [2.24, 2.45) is 0 Å². The van der Waals surface area contributed by atoms with Crippen molar-refractivity contribution in [1.82, 2.24) is 4.57 Å². The number of esters is 1. The van der Waals surface area contributed by atoms with Crippen molar-refractivity contribution in [3.05, 3.63) is 86.8 Å². The minimum absolute atomic E-state index is 0.106. The zero-order valence-corrected chi connectivity index (χ0v) is 14.2. The van der Waals surface area contributed by atoms with E-state index in [-0.39, 0.29) is 24.3 Å². The molecule has 0 fully saturated rings. The number of para-hydroxylation sites is 1. The third kappa shape index (κ3) is 3.64. The molecule has 0 atom stereocenters. The molecule has 6 heteroatoms. The van der Waals surface area contributed by atoms with Crippen molar-refractivity contribution >= 4 is 16.9 Å². The third-order valence-electron chi connectivity index (χ3n) is 3.93. The predicted octanol–water partition coefficient (Wildman–Crippen LogP) is 2.11. The fraction of sp³-hybridized carbons (Fsp3) is 0.150. The van der Waals surface area contributed by atoms with Crippen molar-refractivity contribution in [3.63, 3.8) is 0 Å². The Bertz CT molecular complexity index is 1060. The Labute approximate surface area is 149 Å². The van der Waals surface area contributed by atoms with E-state index >= 15 is 0 Å². The van der Waals surface area contributed by atoms with Gasteiger partial charge in [-0.25, -0.2) is 0 Å². The maximum absolute atomic E-state index is 12.7. The Morgan fingerprint density at radius 2 is 1.69 bits per heavy atom. The zero-order valence-electron chi connectivity index (χ0n) is 14.2. The molecule has 132 valence electrons. The molecule has 0 unspecified atom stereocenters. The molecule has 0 N–H and O–H groups in total. The summed E-state index contributed by atoms with van der Waals surface area (Å²) in [6.07, 6.45) is 0. The van der Waals surface area contributed by atoms with Crippen LogP contribution < -0.4 is 15.7 Å². The molecule has 0 aliphatic carbocycles. The lowest BCUT2D eigenvalue weighted by molar-refractivity contribution is -0.145. The first kappa shape index (κ1) is 17.4. The smallest absolute Gasteiger partial charge is 0.326 e. The van der Waals surface area contributed by atoms with Crippen LogP contribution in [0, 0.1) is 0 Å². The maximum Gasteiger partial charge on any atom is 0.326 e. The fourth-order valence-corrected chi connectivity index (χ4v) is 2.63. The van der Waals surface area contributed by atoms with Gasteiger partial charge in [-0.05, 0) is 17.7 Å². The molecule has 3 aromatic rings. The van der Waals surface area contributed by atoms with Crippen LogP contribution in [0.4, 0.5) is 0 Å². The van der Waals surface area contributed by atoms with E-state index in [0.717, 1.165) is 11.6 Å². The van der Waals surface area contributed by atoms with Gasteiger partial charge in [0.15, 0.2) is 11.2 Å². The number of benzene rings is 2. The zero-order chi connectivity index (χ0) is 18.5. The number of rotatable bonds is 5. The molecule has 3 rings (SSSR count). The highest BCUT2D eigenvalue weighted by atomic mass is 16.5. The third-order valence-corrected chi connectivity index (χ3v) is 3.93. The first-order valence-corrected chi connectivity index (χ1v) is 8.00. The Hall–Kier alpha value is -3.41. The minimum Gasteiger partial charge on any atom is -0.491 e. The topological polar surface area (TPSA) is 74.6 Å². The van der Waals surface area contributed by atoms with E-state index in [2.05, 4.69) is 0 Å². The van der Waals surface area contributed by atoms with E-state index < -0.39 is 11.5 Å². The molecule has 1 aromatic heterocycles. The van der Waals surface area contributed by atoms with Crippen molar-refractivity contribution in [3.8, 4) is 5.75 Å². The number of nitrogens with zero attached hydrogens (tertiary/aromatic N) is 1. The second-order valence-electron chi connectivity index (χ2n) is 5.63. The summed E-state index contributed by atoms with van der Waals surface area (Å²) in [5, 5.41) is 0.323. The summed E-state index contributed by atoms with van der Waals surface area (Å²) in [5.74, 6) is -0.705. The van der Waals surface area contributed by atoms with Gasteiger partial charge >= 0.3 is 5.97 Å². The quantitative estimate of drug-likeness (QED) is 0.658. The van der Waals surface area contributed by atoms with Crippen LogP contribution in [0.25, 0.3) is 10.9 Å². The fourth-order valence-electron chi connectivity index (χ4n) is 2.63. The first-order chi connectivity index (χ1) is 12.6. The highest BCUT2D eigenvalue weighted by molar-refractivity contribution is 5.80. The van der Waals surface area contributed by atoms with Gasteiger partial charge in [0, 0.05) is 11.5 Å². The number of fused-ring (bicyclic) bond motifs is 1. The van der Waals surface area contributed by atoms with Gasteiger partial charge in [0.1, 0.15) is 13.2 Å². The highest BCUT2D eigenvalue weighted by Crippen LogP contribution is 2.10. The van der Waals surface area contributed by atoms with Crippen LogP contribution in [0.15, 0.2) is 70.3 Å². The second kappa shape index (κ2) is 7.65. The number of hydrogen-bond donors (Lipinski definition) is 0. The van der Waals surface area contributed by atoms with Gasteiger partial charge in [-0.3, -0.25) is 19.0 Å². The summed E-state index contributed by atoms with van der Waals surface area (Å²) >= 11 is 0. The molecule has 0 saturated carbocycles. The second-order valence-corrected chi connectivity index (χ2v) is 5.63. The van der Waals surface area contributed by atoms with Crippen molar-refractivity contribution < 1.29 is 14.3 Å². The van der Waals surface area contributed by atoms with Crippen molar-refractivity contribution in [2.45, 2.75) is 13.2 Å². The van der Waals surface area contributed by atoms with Crippen LogP contribution >= 0.6 is 0 Å². The van der Waals surface area contributed by atoms with Crippen LogP contribution in [0.5, 0.6) is 5.75 Å². The van der Waals surface area contributed by atoms with Crippen LogP contribution in [-0.4, -0.2) is 17.6 Å². The molecule has 0 amide bonds. The highest BCUT2D eigenvalue weighted by Gasteiger charge is 2.13. The van der Waals surface area contributed by atoms with Crippen LogP contribution in [-0.2, 0) is 22.7 Å². The van der Waals surface area contributed by atoms with Gasteiger partial charge in [0.25, 0.3) is 5.56 Å². The van der Waals surface area contributed by atoms with E-state index in [1.807, 2.05) is 30.3 Å². The van der Waals surface area contributed by atoms with Gasteiger partial charge in [-0.2, -0.15) is 0 Å².